The number of rotatable bonds is 5. The molecular formula is C19H25N5OS. The van der Waals surface area contributed by atoms with E-state index in [1.54, 1.807) is 18.1 Å². The summed E-state index contributed by atoms with van der Waals surface area (Å²) in [7, 11) is 1.92. The molecule has 1 amide bonds. The number of carbonyl (C=O) groups excluding carboxylic acids is 1. The first-order valence-electron chi connectivity index (χ1n) is 8.98. The minimum atomic E-state index is -0.157. The lowest BCUT2D eigenvalue weighted by molar-refractivity contribution is 0.0954. The molecule has 1 fully saturated rings. The third-order valence-corrected chi connectivity index (χ3v) is 5.93. The largest absolute Gasteiger partial charge is 0.312 e. The molecule has 0 unspecified atom stereocenters. The van der Waals surface area contributed by atoms with Gasteiger partial charge in [0.15, 0.2) is 5.16 Å². The van der Waals surface area contributed by atoms with E-state index >= 15 is 0 Å². The Labute approximate surface area is 158 Å². The third kappa shape index (κ3) is 4.52. The first-order chi connectivity index (χ1) is 12.5. The molecule has 1 aliphatic carbocycles. The minimum Gasteiger partial charge on any atom is -0.312 e. The number of benzene rings is 1. The van der Waals surface area contributed by atoms with Gasteiger partial charge in [0, 0.05) is 24.1 Å². The minimum absolute atomic E-state index is 0.157. The normalized spacial score (nSPS) is 21.7. The van der Waals surface area contributed by atoms with Gasteiger partial charge in [0.25, 0.3) is 5.91 Å². The Morgan fingerprint density at radius 2 is 1.96 bits per heavy atom. The van der Waals surface area contributed by atoms with Crippen LogP contribution in [0.4, 0.5) is 0 Å². The first-order valence-corrected chi connectivity index (χ1v) is 9.96. The van der Waals surface area contributed by atoms with E-state index in [9.17, 15) is 4.79 Å². The summed E-state index contributed by atoms with van der Waals surface area (Å²) in [6.45, 7) is 4.37. The second kappa shape index (κ2) is 8.49. The Kier molecular flexibility index (Phi) is 6.08. The fourth-order valence-corrected chi connectivity index (χ4v) is 4.06. The number of hydrogen-bond acceptors (Lipinski definition) is 5. The highest BCUT2D eigenvalue weighted by Crippen LogP contribution is 2.26. The summed E-state index contributed by atoms with van der Waals surface area (Å²) in [5.41, 5.74) is 5.60. The summed E-state index contributed by atoms with van der Waals surface area (Å²) in [6, 6.07) is 7.63. The molecule has 138 valence electrons. The molecule has 0 radical (unpaired) electrons. The van der Waals surface area contributed by atoms with Gasteiger partial charge in [0.1, 0.15) is 6.33 Å². The van der Waals surface area contributed by atoms with Crippen molar-refractivity contribution in [1.82, 2.24) is 20.2 Å². The van der Waals surface area contributed by atoms with Crippen LogP contribution in [0, 0.1) is 11.8 Å². The van der Waals surface area contributed by atoms with E-state index in [1.807, 2.05) is 35.9 Å². The Bertz CT molecular complexity index is 771. The molecule has 0 spiro atoms. The predicted octanol–water partition coefficient (Wildman–Crippen LogP) is 3.65. The number of aryl methyl sites for hydroxylation is 1. The molecule has 6 nitrogen and oxygen atoms in total. The van der Waals surface area contributed by atoms with Crippen molar-refractivity contribution in [3.05, 3.63) is 41.7 Å². The summed E-state index contributed by atoms with van der Waals surface area (Å²) in [5, 5.41) is 13.2. The number of nitrogens with zero attached hydrogens (tertiary/aromatic N) is 4. The summed E-state index contributed by atoms with van der Waals surface area (Å²) < 4.78 is 1.89. The maximum atomic E-state index is 12.4. The van der Waals surface area contributed by atoms with Crippen molar-refractivity contribution in [3.63, 3.8) is 0 Å². The first kappa shape index (κ1) is 18.6. The van der Waals surface area contributed by atoms with Crippen molar-refractivity contribution >= 4 is 23.4 Å². The summed E-state index contributed by atoms with van der Waals surface area (Å²) in [4.78, 5) is 12.4. The molecule has 7 heteroatoms. The van der Waals surface area contributed by atoms with Crippen LogP contribution < -0.4 is 5.43 Å². The Morgan fingerprint density at radius 3 is 2.58 bits per heavy atom. The number of hydrogen-bond donors (Lipinski definition) is 1. The van der Waals surface area contributed by atoms with Crippen molar-refractivity contribution in [1.29, 1.82) is 0 Å². The second-order valence-electron chi connectivity index (χ2n) is 6.92. The van der Waals surface area contributed by atoms with Gasteiger partial charge in [-0.3, -0.25) is 4.79 Å². The fraction of sp³-hybridized carbons (Fsp3) is 0.474. The second-order valence-corrected chi connectivity index (χ2v) is 7.86. The fourth-order valence-electron chi connectivity index (χ4n) is 3.22. The van der Waals surface area contributed by atoms with Gasteiger partial charge in [-0.05, 0) is 42.4 Å². The summed E-state index contributed by atoms with van der Waals surface area (Å²) in [6.07, 6.45) is 5.22. The van der Waals surface area contributed by atoms with Crippen LogP contribution >= 0.6 is 11.8 Å². The average Bonchev–Trinajstić information content (AvgIpc) is 3.05. The van der Waals surface area contributed by atoms with Crippen molar-refractivity contribution in [3.8, 4) is 0 Å². The average molecular weight is 372 g/mol. The molecule has 2 aromatic rings. The van der Waals surface area contributed by atoms with Crippen LogP contribution in [-0.4, -0.2) is 26.4 Å². The molecule has 1 heterocycles. The molecule has 1 saturated carbocycles. The van der Waals surface area contributed by atoms with Gasteiger partial charge in [0.05, 0.1) is 0 Å². The van der Waals surface area contributed by atoms with Gasteiger partial charge in [-0.1, -0.05) is 44.2 Å². The zero-order chi connectivity index (χ0) is 18.5. The van der Waals surface area contributed by atoms with Crippen LogP contribution in [0.3, 0.4) is 0 Å². The molecule has 1 aliphatic rings. The van der Waals surface area contributed by atoms with E-state index < -0.39 is 0 Å². The number of hydrazone groups is 1. The van der Waals surface area contributed by atoms with E-state index in [4.69, 9.17) is 0 Å². The molecule has 0 saturated heterocycles. The SMILES string of the molecule is C[C@@H]1CCC[C@H](C)C1=NNC(=O)c1ccc(CSc2nncn2C)cc1. The lowest BCUT2D eigenvalue weighted by atomic mass is 9.81. The van der Waals surface area contributed by atoms with E-state index in [1.165, 1.54) is 6.42 Å². The molecule has 1 aromatic heterocycles. The zero-order valence-corrected chi connectivity index (χ0v) is 16.3. The molecule has 0 aliphatic heterocycles. The maximum Gasteiger partial charge on any atom is 0.271 e. The number of aromatic nitrogens is 3. The smallest absolute Gasteiger partial charge is 0.271 e. The van der Waals surface area contributed by atoms with E-state index in [-0.39, 0.29) is 5.91 Å². The highest BCUT2D eigenvalue weighted by Gasteiger charge is 2.23. The number of carbonyl (C=O) groups is 1. The van der Waals surface area contributed by atoms with Gasteiger partial charge in [-0.15, -0.1) is 10.2 Å². The van der Waals surface area contributed by atoms with Gasteiger partial charge < -0.3 is 4.57 Å². The van der Waals surface area contributed by atoms with Crippen LogP contribution in [0.15, 0.2) is 40.9 Å². The van der Waals surface area contributed by atoms with Crippen molar-refractivity contribution in [2.24, 2.45) is 24.0 Å². The monoisotopic (exact) mass is 371 g/mol. The number of nitrogens with one attached hydrogen (secondary N) is 1. The van der Waals surface area contributed by atoms with Gasteiger partial charge in [0.2, 0.25) is 0 Å². The molecule has 0 bridgehead atoms. The molecule has 1 aromatic carbocycles. The summed E-state index contributed by atoms with van der Waals surface area (Å²) in [5.74, 6) is 1.51. The van der Waals surface area contributed by atoms with Crippen LogP contribution in [-0.2, 0) is 12.8 Å². The Balaban J connectivity index is 1.57. The van der Waals surface area contributed by atoms with E-state index in [0.29, 0.717) is 17.4 Å². The third-order valence-electron chi connectivity index (χ3n) is 4.82. The van der Waals surface area contributed by atoms with Gasteiger partial charge in [-0.2, -0.15) is 5.10 Å². The highest BCUT2D eigenvalue weighted by molar-refractivity contribution is 7.98. The van der Waals surface area contributed by atoms with E-state index in [2.05, 4.69) is 34.6 Å². The van der Waals surface area contributed by atoms with Gasteiger partial charge >= 0.3 is 0 Å². The highest BCUT2D eigenvalue weighted by atomic mass is 32.2. The number of amides is 1. The standard InChI is InChI=1S/C19H25N5OS/c1-13-5-4-6-14(2)17(13)21-22-18(25)16-9-7-15(8-10-16)11-26-19-23-20-12-24(19)3/h7-10,12-14H,4-6,11H2,1-3H3,(H,22,25)/t13-,14+. The number of thioether (sulfide) groups is 1. The Morgan fingerprint density at radius 1 is 1.27 bits per heavy atom. The molecular weight excluding hydrogens is 346 g/mol. The predicted molar refractivity (Wildman–Crippen MR) is 104 cm³/mol. The molecule has 1 N–H and O–H groups in total. The van der Waals surface area contributed by atoms with Gasteiger partial charge in [-0.25, -0.2) is 5.43 Å². The van der Waals surface area contributed by atoms with Crippen LogP contribution in [0.5, 0.6) is 0 Å². The van der Waals surface area contributed by atoms with Crippen molar-refractivity contribution < 1.29 is 4.79 Å². The Hall–Kier alpha value is -2.15. The summed E-state index contributed by atoms with van der Waals surface area (Å²) >= 11 is 1.62. The topological polar surface area (TPSA) is 72.2 Å². The lowest BCUT2D eigenvalue weighted by Gasteiger charge is -2.26. The van der Waals surface area contributed by atoms with E-state index in [0.717, 1.165) is 35.0 Å². The lowest BCUT2D eigenvalue weighted by Crippen LogP contribution is -2.29. The molecule has 26 heavy (non-hydrogen) atoms. The van der Waals surface area contributed by atoms with Crippen molar-refractivity contribution in [2.45, 2.75) is 44.0 Å². The molecule has 2 atom stereocenters. The van der Waals surface area contributed by atoms with Crippen LogP contribution in [0.1, 0.15) is 49.0 Å². The zero-order valence-electron chi connectivity index (χ0n) is 15.5. The van der Waals surface area contributed by atoms with Crippen LogP contribution in [0.2, 0.25) is 0 Å². The quantitative estimate of drug-likeness (QED) is 0.643. The molecule has 3 rings (SSSR count). The van der Waals surface area contributed by atoms with Crippen LogP contribution in [0.25, 0.3) is 0 Å². The maximum absolute atomic E-state index is 12.4. The van der Waals surface area contributed by atoms with Crippen molar-refractivity contribution in [2.75, 3.05) is 0 Å².